The molecule has 0 aliphatic heterocycles. The second-order valence-electron chi connectivity index (χ2n) is 7.44. The molecule has 33 heavy (non-hydrogen) atoms. The fraction of sp³-hybridized carbons (Fsp3) is 0.269. The maximum absolute atomic E-state index is 12.3. The second-order valence-corrected chi connectivity index (χ2v) is 7.44. The predicted molar refractivity (Wildman–Crippen MR) is 122 cm³/mol. The summed E-state index contributed by atoms with van der Waals surface area (Å²) in [5, 5.41) is 31.5. The number of carbonyl (C=O) groups is 1. The van der Waals surface area contributed by atoms with Gasteiger partial charge in [0.1, 0.15) is 23.5 Å². The number of aliphatic hydroxyl groups excluding tert-OH is 2. The van der Waals surface area contributed by atoms with Crippen molar-refractivity contribution >= 4 is 5.97 Å². The van der Waals surface area contributed by atoms with Crippen LogP contribution in [0.5, 0.6) is 11.5 Å². The lowest BCUT2D eigenvalue weighted by Crippen LogP contribution is -2.57. The molecule has 0 spiro atoms. The first kappa shape index (κ1) is 24.3. The van der Waals surface area contributed by atoms with E-state index in [1.165, 1.54) is 14.2 Å². The number of carbonyl (C=O) groups excluding carboxylic acids is 1. The second kappa shape index (κ2) is 10.5. The lowest BCUT2D eigenvalue weighted by Gasteiger charge is -2.47. The van der Waals surface area contributed by atoms with Crippen molar-refractivity contribution in [3.05, 3.63) is 95.6 Å². The third-order valence-corrected chi connectivity index (χ3v) is 5.67. The summed E-state index contributed by atoms with van der Waals surface area (Å²) in [4.78, 5) is 12.3. The Labute approximate surface area is 192 Å². The molecule has 0 saturated heterocycles. The number of benzene rings is 3. The molecule has 0 aliphatic carbocycles. The number of ether oxygens (including phenoxy) is 3. The zero-order chi connectivity index (χ0) is 23.9. The highest BCUT2D eigenvalue weighted by Gasteiger charge is 2.58. The lowest BCUT2D eigenvalue weighted by atomic mass is 9.62. The Kier molecular flexibility index (Phi) is 7.71. The standard InChI is InChI=1S/C26H28O7/c1-31-21-13-14-22(23(17-21)32-2)26(19-9-5-3-6-10-19,20-11-7-4-8-12-20)25(30,15-16-27)33-24(29)18-28/h3-14,17,27-28,30H,15-16,18H2,1-2H3. The van der Waals surface area contributed by atoms with Crippen LogP contribution in [-0.4, -0.2) is 54.5 Å². The van der Waals surface area contributed by atoms with Gasteiger partial charge < -0.3 is 29.5 Å². The highest BCUT2D eigenvalue weighted by molar-refractivity contribution is 5.72. The Morgan fingerprint density at radius 1 is 0.848 bits per heavy atom. The van der Waals surface area contributed by atoms with E-state index in [1.54, 1.807) is 66.7 Å². The number of rotatable bonds is 10. The molecule has 0 bridgehead atoms. The summed E-state index contributed by atoms with van der Waals surface area (Å²) in [6.07, 6.45) is -0.336. The average Bonchev–Trinajstić information content (AvgIpc) is 2.85. The van der Waals surface area contributed by atoms with Gasteiger partial charge in [-0.3, -0.25) is 0 Å². The van der Waals surface area contributed by atoms with Crippen LogP contribution in [0.2, 0.25) is 0 Å². The average molecular weight is 453 g/mol. The van der Waals surface area contributed by atoms with E-state index in [2.05, 4.69) is 0 Å². The molecule has 3 rings (SSSR count). The fourth-order valence-electron chi connectivity index (χ4n) is 4.31. The largest absolute Gasteiger partial charge is 0.497 e. The monoisotopic (exact) mass is 452 g/mol. The van der Waals surface area contributed by atoms with E-state index < -0.39 is 30.4 Å². The molecule has 174 valence electrons. The molecule has 1 unspecified atom stereocenters. The molecular weight excluding hydrogens is 424 g/mol. The van der Waals surface area contributed by atoms with Gasteiger partial charge in [-0.05, 0) is 17.2 Å². The highest BCUT2D eigenvalue weighted by atomic mass is 16.7. The summed E-state index contributed by atoms with van der Waals surface area (Å²) < 4.78 is 16.6. The van der Waals surface area contributed by atoms with Crippen LogP contribution in [0.25, 0.3) is 0 Å². The van der Waals surface area contributed by atoms with Gasteiger partial charge in [0.15, 0.2) is 0 Å². The van der Waals surface area contributed by atoms with Crippen LogP contribution >= 0.6 is 0 Å². The molecule has 0 saturated carbocycles. The van der Waals surface area contributed by atoms with Crippen molar-refractivity contribution in [3.63, 3.8) is 0 Å². The summed E-state index contributed by atoms with van der Waals surface area (Å²) >= 11 is 0. The summed E-state index contributed by atoms with van der Waals surface area (Å²) in [6, 6.07) is 23.2. The minimum absolute atomic E-state index is 0.336. The van der Waals surface area contributed by atoms with Gasteiger partial charge in [-0.25, -0.2) is 4.79 Å². The van der Waals surface area contributed by atoms with Crippen molar-refractivity contribution in [2.24, 2.45) is 0 Å². The summed E-state index contributed by atoms with van der Waals surface area (Å²) in [5.74, 6) is -2.43. The Morgan fingerprint density at radius 2 is 1.42 bits per heavy atom. The van der Waals surface area contributed by atoms with Gasteiger partial charge in [0.05, 0.1) is 14.2 Å². The molecule has 3 N–H and O–H groups in total. The van der Waals surface area contributed by atoms with Gasteiger partial charge in [0, 0.05) is 24.7 Å². The van der Waals surface area contributed by atoms with Crippen LogP contribution in [0.3, 0.4) is 0 Å². The third kappa shape index (κ3) is 4.43. The first-order chi connectivity index (χ1) is 16.0. The molecule has 7 nitrogen and oxygen atoms in total. The van der Waals surface area contributed by atoms with Crippen molar-refractivity contribution in [2.45, 2.75) is 17.6 Å². The van der Waals surface area contributed by atoms with E-state index >= 15 is 0 Å². The van der Waals surface area contributed by atoms with E-state index in [1.807, 2.05) is 12.1 Å². The minimum Gasteiger partial charge on any atom is -0.497 e. The number of aliphatic hydroxyl groups is 3. The highest BCUT2D eigenvalue weighted by Crippen LogP contribution is 2.52. The van der Waals surface area contributed by atoms with E-state index in [0.29, 0.717) is 28.2 Å². The Morgan fingerprint density at radius 3 is 1.88 bits per heavy atom. The number of methoxy groups -OCH3 is 2. The molecule has 0 heterocycles. The molecule has 0 amide bonds. The normalized spacial score (nSPS) is 13.1. The molecular formula is C26H28O7. The van der Waals surface area contributed by atoms with Crippen molar-refractivity contribution in [1.29, 1.82) is 0 Å². The molecule has 7 heteroatoms. The molecule has 0 aromatic heterocycles. The minimum atomic E-state index is -2.30. The van der Waals surface area contributed by atoms with Gasteiger partial charge in [-0.1, -0.05) is 66.7 Å². The number of hydrogen-bond acceptors (Lipinski definition) is 7. The first-order valence-corrected chi connectivity index (χ1v) is 10.5. The summed E-state index contributed by atoms with van der Waals surface area (Å²) in [5.41, 5.74) is 0.105. The molecule has 3 aromatic carbocycles. The topological polar surface area (TPSA) is 105 Å². The van der Waals surface area contributed by atoms with Gasteiger partial charge in [0.2, 0.25) is 5.79 Å². The smallest absolute Gasteiger partial charge is 0.334 e. The van der Waals surface area contributed by atoms with E-state index in [9.17, 15) is 20.1 Å². The first-order valence-electron chi connectivity index (χ1n) is 10.5. The SMILES string of the molecule is COc1ccc(C(c2ccccc2)(c2ccccc2)C(O)(CCO)OC(=O)CO)c(OC)c1. The van der Waals surface area contributed by atoms with Crippen LogP contribution in [-0.2, 0) is 14.9 Å². The van der Waals surface area contributed by atoms with Crippen molar-refractivity contribution in [1.82, 2.24) is 0 Å². The van der Waals surface area contributed by atoms with E-state index in [-0.39, 0.29) is 6.42 Å². The van der Waals surface area contributed by atoms with Crippen LogP contribution in [0, 0.1) is 0 Å². The van der Waals surface area contributed by atoms with Crippen LogP contribution in [0.4, 0.5) is 0 Å². The predicted octanol–water partition coefficient (Wildman–Crippen LogP) is 2.64. The summed E-state index contributed by atoms with van der Waals surface area (Å²) in [6.45, 7) is -1.43. The van der Waals surface area contributed by atoms with Gasteiger partial charge in [-0.2, -0.15) is 0 Å². The van der Waals surface area contributed by atoms with Gasteiger partial charge >= 0.3 is 5.97 Å². The molecule has 3 aromatic rings. The fourth-order valence-corrected chi connectivity index (χ4v) is 4.31. The zero-order valence-corrected chi connectivity index (χ0v) is 18.6. The molecule has 0 aliphatic rings. The van der Waals surface area contributed by atoms with E-state index in [4.69, 9.17) is 14.2 Å². The van der Waals surface area contributed by atoms with Crippen LogP contribution in [0.15, 0.2) is 78.9 Å². The lowest BCUT2D eigenvalue weighted by molar-refractivity contribution is -0.235. The van der Waals surface area contributed by atoms with Crippen LogP contribution in [0.1, 0.15) is 23.1 Å². The van der Waals surface area contributed by atoms with Crippen molar-refractivity contribution < 1.29 is 34.3 Å². The number of hydrogen-bond donors (Lipinski definition) is 3. The Hall–Kier alpha value is -3.39. The zero-order valence-electron chi connectivity index (χ0n) is 18.6. The maximum Gasteiger partial charge on any atom is 0.334 e. The van der Waals surface area contributed by atoms with Crippen molar-refractivity contribution in [3.8, 4) is 11.5 Å². The Balaban J connectivity index is 2.51. The van der Waals surface area contributed by atoms with Crippen LogP contribution < -0.4 is 9.47 Å². The third-order valence-electron chi connectivity index (χ3n) is 5.67. The van der Waals surface area contributed by atoms with Crippen molar-refractivity contribution in [2.75, 3.05) is 27.4 Å². The van der Waals surface area contributed by atoms with Gasteiger partial charge in [-0.15, -0.1) is 0 Å². The Bertz CT molecular complexity index is 1010. The summed E-state index contributed by atoms with van der Waals surface area (Å²) in [7, 11) is 3.02. The quantitative estimate of drug-likeness (QED) is 0.247. The molecule has 0 radical (unpaired) electrons. The molecule has 1 atom stereocenters. The number of esters is 1. The molecule has 0 fully saturated rings. The van der Waals surface area contributed by atoms with Gasteiger partial charge in [0.25, 0.3) is 0 Å². The maximum atomic E-state index is 12.3. The van der Waals surface area contributed by atoms with E-state index in [0.717, 1.165) is 0 Å².